The van der Waals surface area contributed by atoms with Gasteiger partial charge in [-0.3, -0.25) is 14.4 Å². The number of hydrogen-bond acceptors (Lipinski definition) is 4. The van der Waals surface area contributed by atoms with Gasteiger partial charge in [-0.1, -0.05) is 30.3 Å². The van der Waals surface area contributed by atoms with Crippen molar-refractivity contribution in [1.82, 2.24) is 4.90 Å². The maximum absolute atomic E-state index is 13.2. The average Bonchev–Trinajstić information content (AvgIpc) is 2.64. The van der Waals surface area contributed by atoms with Crippen LogP contribution in [0.1, 0.15) is 31.7 Å². The van der Waals surface area contributed by atoms with Crippen LogP contribution >= 0.6 is 0 Å². The number of esters is 1. The summed E-state index contributed by atoms with van der Waals surface area (Å²) >= 11 is 0. The summed E-state index contributed by atoms with van der Waals surface area (Å²) in [5.74, 6) is 0.390. The predicted molar refractivity (Wildman–Crippen MR) is 97.7 cm³/mol. The topological polar surface area (TPSA) is 63.7 Å². The van der Waals surface area contributed by atoms with Crippen LogP contribution in [0.2, 0.25) is 0 Å². The molecule has 2 unspecified atom stereocenters. The molecule has 5 nitrogen and oxygen atoms in total. The van der Waals surface area contributed by atoms with Crippen molar-refractivity contribution >= 4 is 17.7 Å². The first-order chi connectivity index (χ1) is 12.5. The average molecular weight is 353 g/mol. The van der Waals surface area contributed by atoms with E-state index in [4.69, 9.17) is 11.2 Å². The summed E-state index contributed by atoms with van der Waals surface area (Å²) in [6, 6.07) is 9.28. The summed E-state index contributed by atoms with van der Waals surface area (Å²) in [7, 11) is 1.24. The van der Waals surface area contributed by atoms with Gasteiger partial charge in [0.1, 0.15) is 5.92 Å². The van der Waals surface area contributed by atoms with Gasteiger partial charge in [0.25, 0.3) is 0 Å². The normalized spacial score (nSPS) is 17.7. The lowest BCUT2D eigenvalue weighted by Gasteiger charge is -2.36. The smallest absolute Gasteiger partial charge is 0.319 e. The van der Waals surface area contributed by atoms with Crippen LogP contribution in [0.3, 0.4) is 0 Å². The van der Waals surface area contributed by atoms with E-state index in [2.05, 4.69) is 5.92 Å². The van der Waals surface area contributed by atoms with E-state index in [-0.39, 0.29) is 24.2 Å². The molecule has 0 saturated heterocycles. The fraction of sp³-hybridized carbons (Fsp3) is 0.381. The van der Waals surface area contributed by atoms with Gasteiger partial charge in [-0.2, -0.15) is 0 Å². The second kappa shape index (κ2) is 9.00. The van der Waals surface area contributed by atoms with Crippen molar-refractivity contribution in [2.75, 3.05) is 7.11 Å². The summed E-state index contributed by atoms with van der Waals surface area (Å²) in [4.78, 5) is 38.6. The SMILES string of the molecule is C#CCC(C(=O)OC)C(=O)N(Cc1ccccc1)C1CCC(=O)C=C1C. The van der Waals surface area contributed by atoms with Crippen molar-refractivity contribution in [2.45, 2.75) is 38.8 Å². The lowest BCUT2D eigenvalue weighted by Crippen LogP contribution is -2.47. The molecule has 1 aliphatic rings. The fourth-order valence-electron chi connectivity index (χ4n) is 3.18. The second-order valence-electron chi connectivity index (χ2n) is 6.34. The van der Waals surface area contributed by atoms with Gasteiger partial charge in [0.05, 0.1) is 13.2 Å². The Kier molecular flexibility index (Phi) is 6.74. The van der Waals surface area contributed by atoms with Crippen molar-refractivity contribution < 1.29 is 19.1 Å². The lowest BCUT2D eigenvalue weighted by atomic mass is 9.91. The lowest BCUT2D eigenvalue weighted by molar-refractivity contribution is -0.154. The zero-order chi connectivity index (χ0) is 19.1. The van der Waals surface area contributed by atoms with Crippen LogP contribution < -0.4 is 0 Å². The number of rotatable bonds is 6. The number of allylic oxidation sites excluding steroid dienone is 1. The largest absolute Gasteiger partial charge is 0.468 e. The summed E-state index contributed by atoms with van der Waals surface area (Å²) in [5, 5.41) is 0. The molecule has 5 heteroatoms. The Labute approximate surface area is 154 Å². The van der Waals surface area contributed by atoms with Crippen LogP contribution in [0.25, 0.3) is 0 Å². The number of carbonyl (C=O) groups excluding carboxylic acids is 3. The van der Waals surface area contributed by atoms with E-state index in [1.54, 1.807) is 11.0 Å². The summed E-state index contributed by atoms with van der Waals surface area (Å²) in [6.45, 7) is 2.17. The quantitative estimate of drug-likeness (QED) is 0.448. The number of methoxy groups -OCH3 is 1. The number of benzene rings is 1. The molecule has 0 N–H and O–H groups in total. The van der Waals surface area contributed by atoms with Crippen LogP contribution in [-0.4, -0.2) is 35.7 Å². The van der Waals surface area contributed by atoms with E-state index in [1.165, 1.54) is 7.11 Å². The highest BCUT2D eigenvalue weighted by molar-refractivity contribution is 5.98. The van der Waals surface area contributed by atoms with Gasteiger partial charge in [-0.25, -0.2) is 0 Å². The zero-order valence-corrected chi connectivity index (χ0v) is 15.1. The summed E-state index contributed by atoms with van der Waals surface area (Å²) in [6.07, 6.45) is 7.81. The number of terminal acetylenes is 1. The van der Waals surface area contributed by atoms with E-state index in [0.717, 1.165) is 11.1 Å². The Balaban J connectivity index is 2.37. The first kappa shape index (κ1) is 19.5. The van der Waals surface area contributed by atoms with Gasteiger partial charge in [-0.05, 0) is 30.6 Å². The summed E-state index contributed by atoms with van der Waals surface area (Å²) < 4.78 is 4.77. The molecule has 2 atom stereocenters. The van der Waals surface area contributed by atoms with Gasteiger partial charge in [0, 0.05) is 19.4 Å². The molecule has 0 bridgehead atoms. The Morgan fingerprint density at radius 2 is 2.04 bits per heavy atom. The molecule has 1 aromatic carbocycles. The number of hydrogen-bond donors (Lipinski definition) is 0. The molecular formula is C21H23NO4. The number of ketones is 1. The van der Waals surface area contributed by atoms with E-state index in [1.807, 2.05) is 37.3 Å². The standard InChI is InChI=1S/C21H23NO4/c1-4-8-18(21(25)26-3)20(24)22(14-16-9-6-5-7-10-16)19-12-11-17(23)13-15(19)2/h1,5-7,9-10,13,18-19H,8,11-12,14H2,2-3H3. The van der Waals surface area contributed by atoms with E-state index in [9.17, 15) is 14.4 Å². The number of ether oxygens (including phenoxy) is 1. The van der Waals surface area contributed by atoms with Crippen molar-refractivity contribution in [1.29, 1.82) is 0 Å². The first-order valence-corrected chi connectivity index (χ1v) is 8.54. The van der Waals surface area contributed by atoms with Crippen LogP contribution in [0.5, 0.6) is 0 Å². The third kappa shape index (κ3) is 4.60. The monoisotopic (exact) mass is 353 g/mol. The molecule has 0 aliphatic heterocycles. The Morgan fingerprint density at radius 3 is 2.62 bits per heavy atom. The number of amides is 1. The van der Waals surface area contributed by atoms with E-state index >= 15 is 0 Å². The van der Waals surface area contributed by atoms with Crippen LogP contribution in [0, 0.1) is 18.3 Å². The minimum atomic E-state index is -1.04. The van der Waals surface area contributed by atoms with Gasteiger partial charge in [-0.15, -0.1) is 12.3 Å². The maximum atomic E-state index is 13.2. The van der Waals surface area contributed by atoms with Gasteiger partial charge in [0.2, 0.25) is 5.91 Å². The number of carbonyl (C=O) groups is 3. The zero-order valence-electron chi connectivity index (χ0n) is 15.1. The van der Waals surface area contributed by atoms with Crippen molar-refractivity contribution in [3.63, 3.8) is 0 Å². The van der Waals surface area contributed by atoms with Gasteiger partial charge >= 0.3 is 5.97 Å². The summed E-state index contributed by atoms with van der Waals surface area (Å²) in [5.41, 5.74) is 1.75. The Hall–Kier alpha value is -2.87. The molecule has 0 heterocycles. The third-order valence-electron chi connectivity index (χ3n) is 4.54. The minimum absolute atomic E-state index is 0.0226. The molecule has 0 spiro atoms. The molecule has 136 valence electrons. The first-order valence-electron chi connectivity index (χ1n) is 8.54. The molecule has 1 aliphatic carbocycles. The highest BCUT2D eigenvalue weighted by atomic mass is 16.5. The predicted octanol–water partition coefficient (Wildman–Crippen LogP) is 2.51. The molecule has 0 fully saturated rings. The Morgan fingerprint density at radius 1 is 1.35 bits per heavy atom. The Bertz CT molecular complexity index is 745. The van der Waals surface area contributed by atoms with Crippen molar-refractivity contribution in [3.05, 3.63) is 47.5 Å². The van der Waals surface area contributed by atoms with Crippen LogP contribution in [0.4, 0.5) is 0 Å². The van der Waals surface area contributed by atoms with Gasteiger partial charge in [0.15, 0.2) is 5.78 Å². The molecule has 26 heavy (non-hydrogen) atoms. The second-order valence-corrected chi connectivity index (χ2v) is 6.34. The van der Waals surface area contributed by atoms with Crippen LogP contribution in [-0.2, 0) is 25.7 Å². The van der Waals surface area contributed by atoms with Crippen LogP contribution in [0.15, 0.2) is 42.0 Å². The van der Waals surface area contributed by atoms with Gasteiger partial charge < -0.3 is 9.64 Å². The minimum Gasteiger partial charge on any atom is -0.468 e. The molecule has 1 aromatic rings. The molecular weight excluding hydrogens is 330 g/mol. The fourth-order valence-corrected chi connectivity index (χ4v) is 3.18. The van der Waals surface area contributed by atoms with E-state index in [0.29, 0.717) is 19.4 Å². The molecule has 0 aromatic heterocycles. The molecule has 0 saturated carbocycles. The number of nitrogens with zero attached hydrogens (tertiary/aromatic N) is 1. The highest BCUT2D eigenvalue weighted by Gasteiger charge is 2.36. The highest BCUT2D eigenvalue weighted by Crippen LogP contribution is 2.26. The molecule has 0 radical (unpaired) electrons. The van der Waals surface area contributed by atoms with Crippen molar-refractivity contribution in [2.24, 2.45) is 5.92 Å². The molecule has 1 amide bonds. The maximum Gasteiger partial charge on any atom is 0.319 e. The van der Waals surface area contributed by atoms with Crippen molar-refractivity contribution in [3.8, 4) is 12.3 Å². The third-order valence-corrected chi connectivity index (χ3v) is 4.54. The van der Waals surface area contributed by atoms with E-state index < -0.39 is 11.9 Å². The molecule has 2 rings (SSSR count).